The Labute approximate surface area is 143 Å². The Morgan fingerprint density at radius 1 is 1.16 bits per heavy atom. The SMILES string of the molecule is CCS(=O)(=O)c1ccc(-c2cc(F)cc(F)c2OCC(=O)O)c(C)c1. The van der Waals surface area contributed by atoms with Crippen LogP contribution in [0.1, 0.15) is 12.5 Å². The fourth-order valence-corrected chi connectivity index (χ4v) is 3.30. The lowest BCUT2D eigenvalue weighted by molar-refractivity contribution is -0.139. The van der Waals surface area contributed by atoms with Gasteiger partial charge in [-0.3, -0.25) is 0 Å². The fourth-order valence-electron chi connectivity index (χ4n) is 2.34. The summed E-state index contributed by atoms with van der Waals surface area (Å²) < 4.78 is 56.5. The normalized spacial score (nSPS) is 11.4. The Hall–Kier alpha value is -2.48. The van der Waals surface area contributed by atoms with Crippen LogP contribution in [0, 0.1) is 18.6 Å². The molecule has 0 atom stereocenters. The van der Waals surface area contributed by atoms with E-state index in [2.05, 4.69) is 0 Å². The average molecular weight is 370 g/mol. The van der Waals surface area contributed by atoms with Gasteiger partial charge in [-0.2, -0.15) is 0 Å². The van der Waals surface area contributed by atoms with Crippen LogP contribution in [0.15, 0.2) is 35.2 Å². The Morgan fingerprint density at radius 2 is 1.84 bits per heavy atom. The number of aliphatic carboxylic acids is 1. The molecule has 0 aromatic heterocycles. The van der Waals surface area contributed by atoms with E-state index in [4.69, 9.17) is 9.84 Å². The van der Waals surface area contributed by atoms with E-state index >= 15 is 0 Å². The third-order valence-electron chi connectivity index (χ3n) is 3.58. The second-order valence-electron chi connectivity index (χ2n) is 5.33. The lowest BCUT2D eigenvalue weighted by Gasteiger charge is -2.14. The summed E-state index contributed by atoms with van der Waals surface area (Å²) in [6, 6.07) is 5.76. The second-order valence-corrected chi connectivity index (χ2v) is 7.61. The highest BCUT2D eigenvalue weighted by atomic mass is 32.2. The summed E-state index contributed by atoms with van der Waals surface area (Å²) in [6.45, 7) is 2.31. The first-order chi connectivity index (χ1) is 11.7. The van der Waals surface area contributed by atoms with Crippen molar-refractivity contribution >= 4 is 15.8 Å². The summed E-state index contributed by atoms with van der Waals surface area (Å²) in [5.41, 5.74) is 0.810. The maximum Gasteiger partial charge on any atom is 0.341 e. The van der Waals surface area contributed by atoms with Gasteiger partial charge in [0, 0.05) is 11.6 Å². The van der Waals surface area contributed by atoms with Gasteiger partial charge in [-0.05, 0) is 36.2 Å². The molecular weight excluding hydrogens is 354 g/mol. The molecule has 0 radical (unpaired) electrons. The molecule has 2 rings (SSSR count). The van der Waals surface area contributed by atoms with Crippen molar-refractivity contribution in [3.05, 3.63) is 47.5 Å². The maximum absolute atomic E-state index is 14.0. The fraction of sp³-hybridized carbons (Fsp3) is 0.235. The third kappa shape index (κ3) is 4.14. The molecule has 2 aromatic rings. The smallest absolute Gasteiger partial charge is 0.341 e. The van der Waals surface area contributed by atoms with Crippen molar-refractivity contribution in [3.8, 4) is 16.9 Å². The van der Waals surface area contributed by atoms with Gasteiger partial charge < -0.3 is 9.84 Å². The highest BCUT2D eigenvalue weighted by molar-refractivity contribution is 7.91. The third-order valence-corrected chi connectivity index (χ3v) is 5.31. The summed E-state index contributed by atoms with van der Waals surface area (Å²) in [4.78, 5) is 10.8. The molecule has 5 nitrogen and oxygen atoms in total. The standard InChI is InChI=1S/C17H16F2O5S/c1-3-25(22,23)12-4-5-13(10(2)6-12)14-7-11(18)8-15(19)17(14)24-9-16(20)21/h4-8H,3,9H2,1-2H3,(H,20,21). The molecule has 0 saturated heterocycles. The van der Waals surface area contributed by atoms with Gasteiger partial charge in [-0.1, -0.05) is 13.0 Å². The van der Waals surface area contributed by atoms with Gasteiger partial charge in [-0.15, -0.1) is 0 Å². The molecule has 0 saturated carbocycles. The Morgan fingerprint density at radius 3 is 2.40 bits per heavy atom. The number of hydrogen-bond acceptors (Lipinski definition) is 4. The minimum atomic E-state index is -3.42. The van der Waals surface area contributed by atoms with Crippen LogP contribution in [0.5, 0.6) is 5.75 Å². The van der Waals surface area contributed by atoms with Crippen LogP contribution in [0.4, 0.5) is 8.78 Å². The zero-order chi connectivity index (χ0) is 18.8. The zero-order valence-electron chi connectivity index (χ0n) is 13.5. The maximum atomic E-state index is 14.0. The first-order valence-electron chi connectivity index (χ1n) is 7.33. The van der Waals surface area contributed by atoms with E-state index in [-0.39, 0.29) is 16.2 Å². The molecule has 134 valence electrons. The van der Waals surface area contributed by atoms with E-state index in [1.807, 2.05) is 0 Å². The lowest BCUT2D eigenvalue weighted by atomic mass is 9.99. The first kappa shape index (κ1) is 18.9. The lowest BCUT2D eigenvalue weighted by Crippen LogP contribution is -2.11. The molecule has 0 aliphatic rings. The number of carbonyl (C=O) groups is 1. The number of hydrogen-bond donors (Lipinski definition) is 1. The van der Waals surface area contributed by atoms with Gasteiger partial charge in [0.15, 0.2) is 28.0 Å². The number of sulfone groups is 1. The van der Waals surface area contributed by atoms with Crippen molar-refractivity contribution in [2.24, 2.45) is 0 Å². The van der Waals surface area contributed by atoms with E-state index in [0.717, 1.165) is 6.07 Å². The van der Waals surface area contributed by atoms with Crippen molar-refractivity contribution in [2.45, 2.75) is 18.7 Å². The summed E-state index contributed by atoms with van der Waals surface area (Å²) in [5.74, 6) is -3.69. The number of aryl methyl sites for hydroxylation is 1. The van der Waals surface area contributed by atoms with Gasteiger partial charge in [0.25, 0.3) is 0 Å². The molecule has 0 amide bonds. The van der Waals surface area contributed by atoms with Gasteiger partial charge in [-0.25, -0.2) is 22.0 Å². The van der Waals surface area contributed by atoms with E-state index in [1.165, 1.54) is 25.1 Å². The van der Waals surface area contributed by atoms with Crippen LogP contribution >= 0.6 is 0 Å². The highest BCUT2D eigenvalue weighted by Crippen LogP contribution is 2.36. The molecule has 2 aromatic carbocycles. The Kier molecular flexibility index (Phi) is 5.42. The molecule has 8 heteroatoms. The summed E-state index contributed by atoms with van der Waals surface area (Å²) in [5, 5.41) is 8.70. The number of halogens is 2. The molecular formula is C17H16F2O5S. The molecule has 0 aliphatic heterocycles. The van der Waals surface area contributed by atoms with Crippen molar-refractivity contribution < 1.29 is 31.8 Å². The Bertz CT molecular complexity index is 923. The predicted octanol–water partition coefficient (Wildman–Crippen LogP) is 3.20. The number of benzene rings is 2. The van der Waals surface area contributed by atoms with E-state index in [9.17, 15) is 22.0 Å². The van der Waals surface area contributed by atoms with Crippen LogP contribution in [0.2, 0.25) is 0 Å². The van der Waals surface area contributed by atoms with Crippen LogP contribution in [-0.4, -0.2) is 31.9 Å². The minimum Gasteiger partial charge on any atom is -0.479 e. The molecule has 25 heavy (non-hydrogen) atoms. The van der Waals surface area contributed by atoms with E-state index < -0.39 is 39.8 Å². The number of ether oxygens (including phenoxy) is 1. The Balaban J connectivity index is 2.60. The van der Waals surface area contributed by atoms with Gasteiger partial charge in [0.05, 0.1) is 10.6 Å². The molecule has 0 unspecified atom stereocenters. The number of carboxylic acid groups (broad SMARTS) is 1. The van der Waals surface area contributed by atoms with Crippen LogP contribution in [0.25, 0.3) is 11.1 Å². The largest absolute Gasteiger partial charge is 0.479 e. The van der Waals surface area contributed by atoms with Crippen molar-refractivity contribution in [3.63, 3.8) is 0 Å². The van der Waals surface area contributed by atoms with Crippen LogP contribution in [-0.2, 0) is 14.6 Å². The molecule has 1 N–H and O–H groups in total. The number of carboxylic acids is 1. The predicted molar refractivity (Wildman–Crippen MR) is 87.4 cm³/mol. The van der Waals surface area contributed by atoms with E-state index in [0.29, 0.717) is 17.2 Å². The molecule has 0 fully saturated rings. The van der Waals surface area contributed by atoms with Crippen LogP contribution < -0.4 is 4.74 Å². The second kappa shape index (κ2) is 7.18. The summed E-state index contributed by atoms with van der Waals surface area (Å²) in [6.07, 6.45) is 0. The zero-order valence-corrected chi connectivity index (χ0v) is 14.4. The summed E-state index contributed by atoms with van der Waals surface area (Å²) >= 11 is 0. The molecule has 0 aliphatic carbocycles. The van der Waals surface area contributed by atoms with Gasteiger partial charge in [0.2, 0.25) is 0 Å². The van der Waals surface area contributed by atoms with Gasteiger partial charge in [0.1, 0.15) is 5.82 Å². The quantitative estimate of drug-likeness (QED) is 0.845. The first-order valence-corrected chi connectivity index (χ1v) is 8.98. The monoisotopic (exact) mass is 370 g/mol. The average Bonchev–Trinajstić information content (AvgIpc) is 2.53. The highest BCUT2D eigenvalue weighted by Gasteiger charge is 2.19. The molecule has 0 bridgehead atoms. The molecule has 0 heterocycles. The van der Waals surface area contributed by atoms with E-state index in [1.54, 1.807) is 6.92 Å². The van der Waals surface area contributed by atoms with Crippen LogP contribution in [0.3, 0.4) is 0 Å². The topological polar surface area (TPSA) is 80.7 Å². The molecule has 0 spiro atoms. The summed E-state index contributed by atoms with van der Waals surface area (Å²) in [7, 11) is -3.42. The van der Waals surface area contributed by atoms with Crippen molar-refractivity contribution in [1.29, 1.82) is 0 Å². The van der Waals surface area contributed by atoms with Gasteiger partial charge >= 0.3 is 5.97 Å². The van der Waals surface area contributed by atoms with Crippen molar-refractivity contribution in [1.82, 2.24) is 0 Å². The van der Waals surface area contributed by atoms with Crippen molar-refractivity contribution in [2.75, 3.05) is 12.4 Å². The number of rotatable bonds is 6. The minimum absolute atomic E-state index is 0.0108.